The standard InChI is InChI=1S/C44H80O13P2/c1-3-5-7-9-11-13-15-17-19-20-22-24-26-28-30-32-34-36-44(47)57-42(40-56-59(51,52)55-38-41(45)37-54-58(48,49)50)39-53-43(46)35-33-31-29-27-25-23-21-18-16-14-12-10-8-6-4-2/h17-19,21-22,24,28,30,41-42,45H,3-16,20,23,25-27,29,31-40H2,1-2H3,(H,51,52)(H2,48,49,50). The molecule has 3 unspecified atom stereocenters. The molecule has 0 saturated heterocycles. The van der Waals surface area contributed by atoms with E-state index in [1.807, 2.05) is 12.2 Å². The van der Waals surface area contributed by atoms with E-state index in [1.165, 1.54) is 77.0 Å². The highest BCUT2D eigenvalue weighted by molar-refractivity contribution is 7.47. The van der Waals surface area contributed by atoms with Crippen molar-refractivity contribution in [3.63, 3.8) is 0 Å². The first-order valence-electron chi connectivity index (χ1n) is 22.3. The van der Waals surface area contributed by atoms with Crippen LogP contribution in [-0.2, 0) is 41.8 Å². The molecule has 13 nitrogen and oxygen atoms in total. The molecule has 0 heterocycles. The molecule has 0 bridgehead atoms. The lowest BCUT2D eigenvalue weighted by Crippen LogP contribution is -2.29. The van der Waals surface area contributed by atoms with E-state index >= 15 is 0 Å². The summed E-state index contributed by atoms with van der Waals surface area (Å²) in [5.74, 6) is -1.10. The first kappa shape index (κ1) is 57.1. The molecule has 0 aromatic carbocycles. The SMILES string of the molecule is CCCCCCCCC=CCC=CCC=CCCCC(=O)OC(COC(=O)CCCCCCCC=CCCCCCCCC)COP(=O)(O)OCC(O)COP(=O)(O)O. The van der Waals surface area contributed by atoms with Gasteiger partial charge in [0.15, 0.2) is 6.10 Å². The maximum Gasteiger partial charge on any atom is 0.472 e. The summed E-state index contributed by atoms with van der Waals surface area (Å²) in [5.41, 5.74) is 0. The van der Waals surface area contributed by atoms with E-state index in [2.05, 4.69) is 59.4 Å². The second kappa shape index (κ2) is 40.2. The maximum atomic E-state index is 12.6. The van der Waals surface area contributed by atoms with Gasteiger partial charge in [-0.2, -0.15) is 0 Å². The molecule has 0 fully saturated rings. The lowest BCUT2D eigenvalue weighted by molar-refractivity contribution is -0.161. The number of esters is 2. The molecule has 0 aromatic rings. The predicted octanol–water partition coefficient (Wildman–Crippen LogP) is 11.5. The molecular formula is C44H80O13P2. The van der Waals surface area contributed by atoms with Gasteiger partial charge in [0, 0.05) is 12.8 Å². The van der Waals surface area contributed by atoms with Crippen LogP contribution in [0.2, 0.25) is 0 Å². The molecule has 0 aliphatic carbocycles. The van der Waals surface area contributed by atoms with Crippen molar-refractivity contribution in [1.29, 1.82) is 0 Å². The van der Waals surface area contributed by atoms with Gasteiger partial charge in [-0.1, -0.05) is 146 Å². The van der Waals surface area contributed by atoms with Gasteiger partial charge in [-0.05, 0) is 70.6 Å². The van der Waals surface area contributed by atoms with Crippen LogP contribution in [-0.4, -0.2) is 70.4 Å². The van der Waals surface area contributed by atoms with Gasteiger partial charge >= 0.3 is 27.6 Å². The Bertz CT molecular complexity index is 1230. The molecule has 3 atom stereocenters. The summed E-state index contributed by atoms with van der Waals surface area (Å²) in [6.45, 7) is 1.69. The Morgan fingerprint density at radius 2 is 0.898 bits per heavy atom. The van der Waals surface area contributed by atoms with Crippen molar-refractivity contribution in [3.05, 3.63) is 48.6 Å². The molecule has 4 N–H and O–H groups in total. The zero-order valence-corrected chi connectivity index (χ0v) is 38.1. The fourth-order valence-corrected chi connectivity index (χ4v) is 6.93. The third kappa shape index (κ3) is 44.0. The lowest BCUT2D eigenvalue weighted by atomic mass is 10.1. The number of phosphoric acid groups is 2. The Morgan fingerprint density at radius 3 is 1.42 bits per heavy atom. The number of rotatable bonds is 42. The lowest BCUT2D eigenvalue weighted by Gasteiger charge is -2.20. The van der Waals surface area contributed by atoms with E-state index in [4.69, 9.17) is 23.8 Å². The van der Waals surface area contributed by atoms with Crippen molar-refractivity contribution in [1.82, 2.24) is 0 Å². The summed E-state index contributed by atoms with van der Waals surface area (Å²) in [4.78, 5) is 52.7. The smallest absolute Gasteiger partial charge is 0.462 e. The van der Waals surface area contributed by atoms with Crippen LogP contribution >= 0.6 is 15.6 Å². The van der Waals surface area contributed by atoms with Crippen molar-refractivity contribution in [2.24, 2.45) is 0 Å². The second-order valence-corrected chi connectivity index (χ2v) is 17.7. The van der Waals surface area contributed by atoms with E-state index in [1.54, 1.807) is 0 Å². The number of hydrogen-bond donors (Lipinski definition) is 4. The van der Waals surface area contributed by atoms with Crippen LogP contribution in [0.15, 0.2) is 48.6 Å². The Labute approximate surface area is 356 Å². The average molecular weight is 879 g/mol. The van der Waals surface area contributed by atoms with Gasteiger partial charge in [0.25, 0.3) is 0 Å². The van der Waals surface area contributed by atoms with Crippen LogP contribution in [0.5, 0.6) is 0 Å². The summed E-state index contributed by atoms with van der Waals surface area (Å²) in [6.07, 6.45) is 41.1. The van der Waals surface area contributed by atoms with Gasteiger partial charge in [0.05, 0.1) is 19.8 Å². The maximum absolute atomic E-state index is 12.6. The van der Waals surface area contributed by atoms with Gasteiger partial charge in [-0.3, -0.25) is 23.2 Å². The third-order valence-electron chi connectivity index (χ3n) is 9.18. The average Bonchev–Trinajstić information content (AvgIpc) is 3.19. The largest absolute Gasteiger partial charge is 0.472 e. The molecule has 0 amide bonds. The fraction of sp³-hybridized carbons (Fsp3) is 0.773. The van der Waals surface area contributed by atoms with Gasteiger partial charge in [-0.15, -0.1) is 0 Å². The molecule has 0 rings (SSSR count). The normalized spacial score (nSPS) is 14.5. The van der Waals surface area contributed by atoms with Crippen LogP contribution in [0.1, 0.15) is 181 Å². The van der Waals surface area contributed by atoms with E-state index in [0.29, 0.717) is 19.3 Å². The third-order valence-corrected chi connectivity index (χ3v) is 10.6. The quantitative estimate of drug-likeness (QED) is 0.0196. The Hall–Kier alpha value is -1.92. The number of hydrogen-bond acceptors (Lipinski definition) is 10. The molecule has 344 valence electrons. The molecule has 59 heavy (non-hydrogen) atoms. The van der Waals surface area contributed by atoms with Crippen molar-refractivity contribution >= 4 is 27.6 Å². The number of carbonyl (C=O) groups excluding carboxylic acids is 2. The summed E-state index contributed by atoms with van der Waals surface area (Å²) in [5, 5.41) is 9.74. The van der Waals surface area contributed by atoms with Crippen LogP contribution in [0.3, 0.4) is 0 Å². The van der Waals surface area contributed by atoms with Crippen molar-refractivity contribution in [2.75, 3.05) is 26.4 Å². The molecule has 0 aliphatic heterocycles. The molecule has 0 saturated carbocycles. The highest BCUT2D eigenvalue weighted by atomic mass is 31.2. The highest BCUT2D eigenvalue weighted by Crippen LogP contribution is 2.43. The minimum absolute atomic E-state index is 0.0575. The summed E-state index contributed by atoms with van der Waals surface area (Å²) in [7, 11) is -9.69. The first-order chi connectivity index (χ1) is 28.4. The van der Waals surface area contributed by atoms with Gasteiger partial charge in [-0.25, -0.2) is 9.13 Å². The van der Waals surface area contributed by atoms with E-state index < -0.39 is 66.2 Å². The van der Waals surface area contributed by atoms with Crippen molar-refractivity contribution < 1.29 is 61.6 Å². The molecule has 0 radical (unpaired) electrons. The fourth-order valence-electron chi connectivity index (χ4n) is 5.77. The van der Waals surface area contributed by atoms with Crippen molar-refractivity contribution in [2.45, 2.75) is 193 Å². The van der Waals surface area contributed by atoms with Gasteiger partial charge in [0.1, 0.15) is 12.7 Å². The van der Waals surface area contributed by atoms with Gasteiger partial charge < -0.3 is 29.3 Å². The number of aliphatic hydroxyl groups is 1. The summed E-state index contributed by atoms with van der Waals surface area (Å²) < 4.78 is 47.7. The number of carbonyl (C=O) groups is 2. The van der Waals surface area contributed by atoms with Crippen LogP contribution in [0.4, 0.5) is 0 Å². The minimum atomic E-state index is -4.87. The van der Waals surface area contributed by atoms with Crippen molar-refractivity contribution in [3.8, 4) is 0 Å². The number of phosphoric ester groups is 2. The molecular weight excluding hydrogens is 798 g/mol. The number of ether oxygens (including phenoxy) is 2. The zero-order chi connectivity index (χ0) is 43.7. The monoisotopic (exact) mass is 879 g/mol. The van der Waals surface area contributed by atoms with Crippen LogP contribution < -0.4 is 0 Å². The zero-order valence-electron chi connectivity index (χ0n) is 36.3. The summed E-state index contributed by atoms with van der Waals surface area (Å²) in [6, 6.07) is 0. The minimum Gasteiger partial charge on any atom is -0.462 e. The van der Waals surface area contributed by atoms with Crippen LogP contribution in [0, 0.1) is 0 Å². The number of allylic oxidation sites excluding steroid dienone is 8. The van der Waals surface area contributed by atoms with Gasteiger partial charge in [0.2, 0.25) is 0 Å². The summed E-state index contributed by atoms with van der Waals surface area (Å²) >= 11 is 0. The Kier molecular flexibility index (Phi) is 38.9. The molecule has 0 aromatic heterocycles. The molecule has 0 spiro atoms. The second-order valence-electron chi connectivity index (χ2n) is 15.0. The molecule has 0 aliphatic rings. The topological polar surface area (TPSA) is 195 Å². The van der Waals surface area contributed by atoms with Crippen LogP contribution in [0.25, 0.3) is 0 Å². The molecule has 15 heteroatoms. The first-order valence-corrected chi connectivity index (χ1v) is 25.4. The Morgan fingerprint density at radius 1 is 0.492 bits per heavy atom. The Balaban J connectivity index is 4.61. The van der Waals surface area contributed by atoms with E-state index in [0.717, 1.165) is 57.8 Å². The number of unbranched alkanes of at least 4 members (excludes halogenated alkanes) is 18. The predicted molar refractivity (Wildman–Crippen MR) is 235 cm³/mol. The van der Waals surface area contributed by atoms with E-state index in [-0.39, 0.29) is 12.8 Å². The number of aliphatic hydroxyl groups excluding tert-OH is 1. The van der Waals surface area contributed by atoms with E-state index in [9.17, 15) is 28.7 Å². The highest BCUT2D eigenvalue weighted by Gasteiger charge is 2.28.